The van der Waals surface area contributed by atoms with Gasteiger partial charge in [-0.3, -0.25) is 14.4 Å². The molecule has 1 aromatic carbocycles. The van der Waals surface area contributed by atoms with Crippen molar-refractivity contribution in [3.05, 3.63) is 35.6 Å². The fraction of sp³-hybridized carbons (Fsp3) is 0.526. The molecule has 0 aromatic heterocycles. The van der Waals surface area contributed by atoms with Gasteiger partial charge in [0.05, 0.1) is 5.56 Å². The monoisotopic (exact) mass is 360 g/mol. The highest BCUT2D eigenvalue weighted by molar-refractivity contribution is 5.95. The molecule has 6 nitrogen and oxygen atoms in total. The number of aliphatic carboxylic acids is 1. The molecule has 7 heteroatoms. The molecular weight excluding hydrogens is 339 g/mol. The Balaban J connectivity index is 1.53. The van der Waals surface area contributed by atoms with E-state index in [0.717, 1.165) is 19.3 Å². The summed E-state index contributed by atoms with van der Waals surface area (Å²) < 4.78 is 13.9. The Morgan fingerprint density at radius 1 is 1.08 bits per heavy atom. The summed E-state index contributed by atoms with van der Waals surface area (Å²) in [6.07, 6.45) is 2.79. The molecule has 1 aliphatic carbocycles. The van der Waals surface area contributed by atoms with Crippen LogP contribution < -0.4 is 0 Å². The van der Waals surface area contributed by atoms with Gasteiger partial charge in [-0.25, -0.2) is 4.39 Å². The second-order valence-electron chi connectivity index (χ2n) is 7.67. The molecule has 3 aliphatic rings. The average Bonchev–Trinajstić information content (AvgIpc) is 3.08. The van der Waals surface area contributed by atoms with Crippen LogP contribution in [0.4, 0.5) is 4.39 Å². The van der Waals surface area contributed by atoms with Crippen molar-refractivity contribution in [3.63, 3.8) is 0 Å². The van der Waals surface area contributed by atoms with E-state index in [0.29, 0.717) is 6.54 Å². The van der Waals surface area contributed by atoms with Crippen LogP contribution in [0.1, 0.15) is 29.6 Å². The zero-order valence-electron chi connectivity index (χ0n) is 14.4. The van der Waals surface area contributed by atoms with Gasteiger partial charge in [0.2, 0.25) is 5.91 Å². The van der Waals surface area contributed by atoms with Crippen LogP contribution in [0.15, 0.2) is 24.3 Å². The van der Waals surface area contributed by atoms with E-state index in [1.165, 1.54) is 23.1 Å². The molecule has 138 valence electrons. The van der Waals surface area contributed by atoms with Crippen LogP contribution in [-0.2, 0) is 9.59 Å². The number of carboxylic acids is 1. The number of hydrogen-bond acceptors (Lipinski definition) is 3. The first-order chi connectivity index (χ1) is 12.4. The molecule has 2 saturated heterocycles. The lowest BCUT2D eigenvalue weighted by Crippen LogP contribution is -2.45. The molecule has 0 spiro atoms. The Hall–Kier alpha value is -2.44. The normalized spacial score (nSPS) is 28.0. The van der Waals surface area contributed by atoms with Crippen molar-refractivity contribution >= 4 is 17.8 Å². The third-order valence-electron chi connectivity index (χ3n) is 6.19. The lowest BCUT2D eigenvalue weighted by Gasteiger charge is -2.31. The van der Waals surface area contributed by atoms with Crippen LogP contribution in [0.25, 0.3) is 0 Å². The van der Waals surface area contributed by atoms with Crippen molar-refractivity contribution in [2.24, 2.45) is 17.3 Å². The van der Waals surface area contributed by atoms with E-state index >= 15 is 0 Å². The first-order valence-corrected chi connectivity index (χ1v) is 8.98. The van der Waals surface area contributed by atoms with Gasteiger partial charge >= 0.3 is 5.97 Å². The van der Waals surface area contributed by atoms with E-state index in [1.54, 1.807) is 11.0 Å². The number of carboxylic acid groups (broad SMARTS) is 1. The molecule has 0 bridgehead atoms. The van der Waals surface area contributed by atoms with Crippen molar-refractivity contribution in [3.8, 4) is 0 Å². The van der Waals surface area contributed by atoms with Crippen molar-refractivity contribution < 1.29 is 23.9 Å². The van der Waals surface area contributed by atoms with E-state index in [-0.39, 0.29) is 42.9 Å². The van der Waals surface area contributed by atoms with Crippen molar-refractivity contribution in [2.75, 3.05) is 26.2 Å². The van der Waals surface area contributed by atoms with Gasteiger partial charge in [-0.05, 0) is 25.0 Å². The Morgan fingerprint density at radius 2 is 1.73 bits per heavy atom. The summed E-state index contributed by atoms with van der Waals surface area (Å²) in [6, 6.07) is 5.72. The molecule has 0 radical (unpaired) electrons. The number of carbonyl (C=O) groups is 3. The molecular formula is C19H21FN2O4. The Morgan fingerprint density at radius 3 is 2.31 bits per heavy atom. The maximum absolute atomic E-state index is 13.9. The minimum absolute atomic E-state index is 0.00855. The zero-order chi connectivity index (χ0) is 18.5. The smallest absolute Gasteiger partial charge is 0.313 e. The average molecular weight is 360 g/mol. The van der Waals surface area contributed by atoms with Crippen molar-refractivity contribution in [2.45, 2.75) is 19.3 Å². The number of rotatable bonds is 3. The van der Waals surface area contributed by atoms with Gasteiger partial charge in [0.15, 0.2) is 0 Å². The summed E-state index contributed by atoms with van der Waals surface area (Å²) in [5.41, 5.74) is -1.20. The standard InChI is InChI=1S/C19H21FN2O4/c20-15-7-2-1-6-14(15)17(24)22-9-13-8-21(16(23)12-4-3-5-12)10-19(13,11-22)18(25)26/h1-2,6-7,12-13H,3-5,8-11H2,(H,25,26)/t13-,19-/m1/s1. The van der Waals surface area contributed by atoms with Gasteiger partial charge in [0.1, 0.15) is 11.2 Å². The van der Waals surface area contributed by atoms with Crippen LogP contribution in [0.5, 0.6) is 0 Å². The lowest BCUT2D eigenvalue weighted by atomic mass is 9.81. The molecule has 1 saturated carbocycles. The number of fused-ring (bicyclic) bond motifs is 1. The number of likely N-dealkylation sites (tertiary alicyclic amines) is 2. The zero-order valence-corrected chi connectivity index (χ0v) is 14.4. The summed E-state index contributed by atoms with van der Waals surface area (Å²) in [7, 11) is 0. The molecule has 26 heavy (non-hydrogen) atoms. The molecule has 3 fully saturated rings. The third kappa shape index (κ3) is 2.48. The molecule has 4 rings (SSSR count). The highest BCUT2D eigenvalue weighted by Crippen LogP contribution is 2.44. The predicted molar refractivity (Wildman–Crippen MR) is 89.8 cm³/mol. The topological polar surface area (TPSA) is 77.9 Å². The SMILES string of the molecule is O=C(c1ccccc1F)N1C[C@H]2CN(C(=O)C3CCC3)C[C@@]2(C(=O)O)C1. The summed E-state index contributed by atoms with van der Waals surface area (Å²) in [5, 5.41) is 9.86. The highest BCUT2D eigenvalue weighted by Gasteiger charge is 2.59. The largest absolute Gasteiger partial charge is 0.481 e. The third-order valence-corrected chi connectivity index (χ3v) is 6.19. The molecule has 2 aliphatic heterocycles. The second-order valence-corrected chi connectivity index (χ2v) is 7.67. The maximum atomic E-state index is 13.9. The first-order valence-electron chi connectivity index (χ1n) is 8.98. The van der Waals surface area contributed by atoms with Gasteiger partial charge in [0, 0.05) is 38.0 Å². The van der Waals surface area contributed by atoms with Crippen LogP contribution in [0.3, 0.4) is 0 Å². The minimum Gasteiger partial charge on any atom is -0.481 e. The van der Waals surface area contributed by atoms with Gasteiger partial charge in [-0.2, -0.15) is 0 Å². The fourth-order valence-corrected chi connectivity index (χ4v) is 4.41. The van der Waals surface area contributed by atoms with Gasteiger partial charge in [0.25, 0.3) is 5.91 Å². The summed E-state index contributed by atoms with van der Waals surface area (Å²) in [5.74, 6) is -2.35. The summed E-state index contributed by atoms with van der Waals surface area (Å²) in [4.78, 5) is 40.3. The molecule has 0 unspecified atom stereocenters. The molecule has 2 atom stereocenters. The fourth-order valence-electron chi connectivity index (χ4n) is 4.41. The van der Waals surface area contributed by atoms with E-state index in [2.05, 4.69) is 0 Å². The molecule has 2 heterocycles. The number of hydrogen-bond donors (Lipinski definition) is 1. The molecule has 2 amide bonds. The number of benzene rings is 1. The molecule has 1 N–H and O–H groups in total. The quantitative estimate of drug-likeness (QED) is 0.888. The highest BCUT2D eigenvalue weighted by atomic mass is 19.1. The number of amides is 2. The van der Waals surface area contributed by atoms with E-state index < -0.39 is 23.1 Å². The Labute approximate surface area is 150 Å². The van der Waals surface area contributed by atoms with Crippen LogP contribution >= 0.6 is 0 Å². The van der Waals surface area contributed by atoms with Gasteiger partial charge in [-0.1, -0.05) is 18.6 Å². The number of nitrogens with zero attached hydrogens (tertiary/aromatic N) is 2. The maximum Gasteiger partial charge on any atom is 0.313 e. The van der Waals surface area contributed by atoms with Gasteiger partial charge in [-0.15, -0.1) is 0 Å². The van der Waals surface area contributed by atoms with Gasteiger partial charge < -0.3 is 14.9 Å². The Bertz CT molecular complexity index is 779. The Kier molecular flexibility index (Phi) is 3.97. The lowest BCUT2D eigenvalue weighted by molar-refractivity contribution is -0.149. The van der Waals surface area contributed by atoms with Crippen molar-refractivity contribution in [1.29, 1.82) is 0 Å². The van der Waals surface area contributed by atoms with Crippen LogP contribution in [0, 0.1) is 23.1 Å². The van der Waals surface area contributed by atoms with E-state index in [4.69, 9.17) is 0 Å². The second kappa shape index (κ2) is 6.07. The molecule has 1 aromatic rings. The predicted octanol–water partition coefficient (Wildman–Crippen LogP) is 1.61. The number of halogens is 1. The van der Waals surface area contributed by atoms with Crippen molar-refractivity contribution in [1.82, 2.24) is 9.80 Å². The minimum atomic E-state index is -1.15. The van der Waals surface area contributed by atoms with E-state index in [9.17, 15) is 23.9 Å². The summed E-state index contributed by atoms with van der Waals surface area (Å²) in [6.45, 7) is 0.717. The van der Waals surface area contributed by atoms with E-state index in [1.807, 2.05) is 0 Å². The first kappa shape index (κ1) is 17.0. The number of carbonyl (C=O) groups excluding carboxylic acids is 2. The van der Waals surface area contributed by atoms with Crippen LogP contribution in [0.2, 0.25) is 0 Å². The van der Waals surface area contributed by atoms with Crippen LogP contribution in [-0.4, -0.2) is 58.9 Å². The summed E-state index contributed by atoms with van der Waals surface area (Å²) >= 11 is 0.